The summed E-state index contributed by atoms with van der Waals surface area (Å²) in [7, 11) is 1.19. The first kappa shape index (κ1) is 37.6. The van der Waals surface area contributed by atoms with Crippen molar-refractivity contribution in [3.05, 3.63) is 147 Å². The summed E-state index contributed by atoms with van der Waals surface area (Å²) in [6, 6.07) is 26.1. The Balaban J connectivity index is 1.35. The summed E-state index contributed by atoms with van der Waals surface area (Å²) in [6.07, 6.45) is 0. The van der Waals surface area contributed by atoms with Gasteiger partial charge in [0.1, 0.15) is 28.5 Å². The molecule has 2 aliphatic rings. The fourth-order valence-corrected chi connectivity index (χ4v) is 7.10. The van der Waals surface area contributed by atoms with E-state index in [0.717, 1.165) is 0 Å². The number of phenolic OH excluding ortho intramolecular Hbond substituents is 1. The zero-order valence-corrected chi connectivity index (χ0v) is 30.8. The van der Waals surface area contributed by atoms with E-state index in [1.165, 1.54) is 61.7 Å². The minimum absolute atomic E-state index is 0.0245. The molecule has 15 heteroatoms. The molecule has 0 amide bonds. The summed E-state index contributed by atoms with van der Waals surface area (Å²) in [5, 5.41) is 49.0. The van der Waals surface area contributed by atoms with E-state index in [9.17, 15) is 44.4 Å². The second kappa shape index (κ2) is 15.0. The van der Waals surface area contributed by atoms with Crippen molar-refractivity contribution in [1.82, 2.24) is 9.97 Å². The van der Waals surface area contributed by atoms with Crippen LogP contribution < -0.4 is 16.1 Å². The molecule has 6 aromatic rings. The quantitative estimate of drug-likeness (QED) is 0.0550. The summed E-state index contributed by atoms with van der Waals surface area (Å²) < 4.78 is 11.6. The highest BCUT2D eigenvalue weighted by Crippen LogP contribution is 2.45. The maximum atomic E-state index is 13.8. The van der Waals surface area contributed by atoms with Crippen molar-refractivity contribution in [2.45, 2.75) is 13.1 Å². The Kier molecular flexibility index (Phi) is 9.53. The third kappa shape index (κ3) is 6.82. The SMILES string of the molecule is COC(=O)c1ccc(C(=O)O)c(-c2c3ccc(=O)c(CNc4cccc5ccc(C(=O)O)nc45)c-3oc3c(CNc4cccc5ccc(C(=O)O)nc45)c(O)ccc23)c1. The van der Waals surface area contributed by atoms with Crippen LogP contribution in [0.3, 0.4) is 0 Å². The van der Waals surface area contributed by atoms with E-state index in [0.29, 0.717) is 44.1 Å². The van der Waals surface area contributed by atoms with E-state index in [2.05, 4.69) is 20.6 Å². The molecule has 59 heavy (non-hydrogen) atoms. The molecule has 0 unspecified atom stereocenters. The van der Waals surface area contributed by atoms with Crippen LogP contribution in [0.4, 0.5) is 11.4 Å². The number of para-hydroxylation sites is 2. The molecule has 0 bridgehead atoms. The van der Waals surface area contributed by atoms with Gasteiger partial charge in [-0.2, -0.15) is 0 Å². The van der Waals surface area contributed by atoms with Crippen molar-refractivity contribution in [3.8, 4) is 28.2 Å². The first-order valence-corrected chi connectivity index (χ1v) is 17.9. The van der Waals surface area contributed by atoms with Crippen LogP contribution in [0, 0.1) is 0 Å². The number of fused-ring (bicyclic) bond motifs is 4. The first-order valence-electron chi connectivity index (χ1n) is 17.9. The Morgan fingerprint density at radius 3 is 1.86 bits per heavy atom. The number of carboxylic acids is 3. The smallest absolute Gasteiger partial charge is 0.354 e. The minimum Gasteiger partial charge on any atom is -0.507 e. The maximum Gasteiger partial charge on any atom is 0.354 e. The number of rotatable bonds is 11. The second-order valence-electron chi connectivity index (χ2n) is 13.4. The lowest BCUT2D eigenvalue weighted by molar-refractivity contribution is 0.0597. The van der Waals surface area contributed by atoms with Crippen LogP contribution in [0.25, 0.3) is 55.2 Å². The maximum absolute atomic E-state index is 13.8. The van der Waals surface area contributed by atoms with Gasteiger partial charge in [-0.25, -0.2) is 29.1 Å². The molecule has 2 aromatic heterocycles. The van der Waals surface area contributed by atoms with E-state index >= 15 is 0 Å². The number of anilines is 2. The standard InChI is InChI=1S/C44H30N4O11/c1-58-44(57)23-8-11-24(41(51)52)27(18-23)36-25-12-16-34(49)28(19-45-30-6-2-4-21-9-14-32(42(53)54)47-37(21)30)39(25)59-40-26(36)13-17-35(50)29(40)20-46-31-7-3-5-22-10-15-33(43(55)56)48-38(22)31/h2-18,45-46,49H,19-20H2,1H3,(H,51,52)(H,53,54)(H,55,56). The summed E-state index contributed by atoms with van der Waals surface area (Å²) in [5.41, 5.74) is 1.58. The number of phenols is 1. The molecule has 1 aliphatic heterocycles. The van der Waals surface area contributed by atoms with Crippen LogP contribution in [0.5, 0.6) is 5.75 Å². The molecule has 15 nitrogen and oxygen atoms in total. The van der Waals surface area contributed by atoms with Crippen molar-refractivity contribution < 1.29 is 48.8 Å². The van der Waals surface area contributed by atoms with Gasteiger partial charge in [0.05, 0.1) is 51.8 Å². The van der Waals surface area contributed by atoms with Crippen LogP contribution >= 0.6 is 0 Å². The molecule has 0 radical (unpaired) electrons. The van der Waals surface area contributed by atoms with Crippen LogP contribution in [0.2, 0.25) is 0 Å². The van der Waals surface area contributed by atoms with Crippen molar-refractivity contribution >= 4 is 68.0 Å². The lowest BCUT2D eigenvalue weighted by atomic mass is 9.87. The number of ether oxygens (including phenoxy) is 1. The molecule has 0 atom stereocenters. The summed E-state index contributed by atoms with van der Waals surface area (Å²) in [5.74, 6) is -4.67. The van der Waals surface area contributed by atoms with Crippen LogP contribution in [-0.4, -0.2) is 61.4 Å². The number of hydrogen-bond acceptors (Lipinski definition) is 12. The molecule has 0 spiro atoms. The number of aromatic nitrogens is 2. The number of pyridine rings is 2. The summed E-state index contributed by atoms with van der Waals surface area (Å²) >= 11 is 0. The van der Waals surface area contributed by atoms with Gasteiger partial charge in [0.2, 0.25) is 0 Å². The number of nitrogens with zero attached hydrogens (tertiary/aromatic N) is 2. The van der Waals surface area contributed by atoms with Gasteiger partial charge < -0.3 is 40.2 Å². The summed E-state index contributed by atoms with van der Waals surface area (Å²) in [6.45, 7) is -0.293. The zero-order chi connectivity index (χ0) is 41.5. The molecule has 0 fully saturated rings. The molecule has 6 N–H and O–H groups in total. The molecule has 4 aromatic carbocycles. The Bertz CT molecular complexity index is 3100. The van der Waals surface area contributed by atoms with Crippen molar-refractivity contribution in [2.24, 2.45) is 0 Å². The van der Waals surface area contributed by atoms with Crippen molar-refractivity contribution in [3.63, 3.8) is 0 Å². The fourth-order valence-electron chi connectivity index (χ4n) is 7.10. The molecular formula is C44H30N4O11. The van der Waals surface area contributed by atoms with Gasteiger partial charge in [0, 0.05) is 40.4 Å². The van der Waals surface area contributed by atoms with Crippen LogP contribution in [0.15, 0.2) is 112 Å². The van der Waals surface area contributed by atoms with Gasteiger partial charge in [-0.15, -0.1) is 0 Å². The van der Waals surface area contributed by atoms with Gasteiger partial charge in [0.15, 0.2) is 5.43 Å². The molecule has 0 saturated carbocycles. The van der Waals surface area contributed by atoms with Crippen molar-refractivity contribution in [2.75, 3.05) is 17.7 Å². The largest absolute Gasteiger partial charge is 0.507 e. The van der Waals surface area contributed by atoms with Gasteiger partial charge in [0.25, 0.3) is 0 Å². The number of carboxylic acid groups (broad SMARTS) is 3. The highest BCUT2D eigenvalue weighted by molar-refractivity contribution is 6.10. The Morgan fingerprint density at radius 2 is 1.29 bits per heavy atom. The van der Waals surface area contributed by atoms with Gasteiger partial charge >= 0.3 is 23.9 Å². The third-order valence-electron chi connectivity index (χ3n) is 9.93. The van der Waals surface area contributed by atoms with E-state index in [4.69, 9.17) is 9.15 Å². The van der Waals surface area contributed by atoms with Gasteiger partial charge in [-0.3, -0.25) is 4.79 Å². The fraction of sp³-hybridized carbons (Fsp3) is 0.0682. The normalized spacial score (nSPS) is 11.2. The minimum atomic E-state index is -1.31. The number of aromatic carboxylic acids is 3. The van der Waals surface area contributed by atoms with Gasteiger partial charge in [-0.05, 0) is 72.3 Å². The molecule has 3 heterocycles. The Hall–Kier alpha value is -8.33. The second-order valence-corrected chi connectivity index (χ2v) is 13.4. The topological polar surface area (TPSA) is 238 Å². The highest BCUT2D eigenvalue weighted by atomic mass is 16.5. The Labute approximate surface area is 332 Å². The summed E-state index contributed by atoms with van der Waals surface area (Å²) in [4.78, 5) is 71.5. The first-order chi connectivity index (χ1) is 28.4. The van der Waals surface area contributed by atoms with Crippen molar-refractivity contribution in [1.29, 1.82) is 0 Å². The number of hydrogen-bond donors (Lipinski definition) is 6. The number of aromatic hydroxyl groups is 1. The molecule has 8 rings (SSSR count). The molecule has 0 saturated heterocycles. The number of benzene rings is 5. The van der Waals surface area contributed by atoms with E-state index in [1.807, 2.05) is 0 Å². The number of nitrogens with one attached hydrogen (secondary N) is 2. The van der Waals surface area contributed by atoms with Gasteiger partial charge in [-0.1, -0.05) is 36.4 Å². The monoisotopic (exact) mass is 790 g/mol. The molecule has 1 aliphatic carbocycles. The van der Waals surface area contributed by atoms with E-state index < -0.39 is 29.3 Å². The molecular weight excluding hydrogens is 761 g/mol. The number of carbonyl (C=O) groups excluding carboxylic acids is 1. The lowest BCUT2D eigenvalue weighted by Crippen LogP contribution is -2.15. The lowest BCUT2D eigenvalue weighted by Gasteiger charge is -2.21. The number of carbonyl (C=O) groups is 4. The van der Waals surface area contributed by atoms with E-state index in [1.54, 1.807) is 48.5 Å². The predicted molar refractivity (Wildman–Crippen MR) is 217 cm³/mol. The number of methoxy groups -OCH3 is 1. The average Bonchev–Trinajstić information content (AvgIpc) is 3.24. The predicted octanol–water partition coefficient (Wildman–Crippen LogP) is 7.47. The number of esters is 1. The van der Waals surface area contributed by atoms with E-state index in [-0.39, 0.29) is 75.0 Å². The van der Waals surface area contributed by atoms with Crippen LogP contribution in [0.1, 0.15) is 52.8 Å². The van der Waals surface area contributed by atoms with Crippen LogP contribution in [-0.2, 0) is 17.8 Å². The Morgan fingerprint density at radius 1 is 0.678 bits per heavy atom. The zero-order valence-electron chi connectivity index (χ0n) is 30.8. The highest BCUT2D eigenvalue weighted by Gasteiger charge is 2.28. The third-order valence-corrected chi connectivity index (χ3v) is 9.93. The average molecular weight is 791 g/mol. The molecule has 292 valence electrons.